The van der Waals surface area contributed by atoms with Crippen molar-refractivity contribution in [2.45, 2.75) is 97.8 Å². The van der Waals surface area contributed by atoms with Gasteiger partial charge in [0.1, 0.15) is 29.7 Å². The minimum atomic E-state index is -1.23. The summed E-state index contributed by atoms with van der Waals surface area (Å²) in [5.74, 6) is -3.66. The SMILES string of the molecule is C=CC(=O)N1CC[C@H](C(=O)N(C)[C@H](C(=O)N[C@H]2Cc3cc(O)cc(c3)-c3cc(F)c4c(c3)c(c(-c3ccccc3CCOC)n4CC)CC(C)(C)COC(=O)[C@@H]3CCCN(N3)C2=O)C(C)C)C1.S.S.S.S. The predicted molar refractivity (Wildman–Crippen MR) is 295 cm³/mol. The lowest BCUT2D eigenvalue weighted by molar-refractivity contribution is -0.155. The van der Waals surface area contributed by atoms with E-state index in [0.717, 1.165) is 22.4 Å². The molecule has 0 saturated carbocycles. The monoisotopic (exact) mass is 1060 g/mol. The number of likely N-dealkylation sites (tertiary alicyclic amines) is 1. The van der Waals surface area contributed by atoms with Crippen molar-refractivity contribution in [1.29, 1.82) is 0 Å². The first-order valence-electron chi connectivity index (χ1n) is 23.4. The lowest BCUT2D eigenvalue weighted by Crippen LogP contribution is -2.62. The topological polar surface area (TPSA) is 163 Å². The normalized spacial score (nSPS) is 19.2. The van der Waals surface area contributed by atoms with Crippen LogP contribution in [0.1, 0.15) is 70.6 Å². The molecule has 3 aromatic carbocycles. The molecule has 390 valence electrons. The molecule has 1 aromatic heterocycles. The van der Waals surface area contributed by atoms with Gasteiger partial charge in [0.05, 0.1) is 30.3 Å². The number of amides is 4. The van der Waals surface area contributed by atoms with Crippen LogP contribution in [0.3, 0.4) is 0 Å². The largest absolute Gasteiger partial charge is 0.508 e. The summed E-state index contributed by atoms with van der Waals surface area (Å²) in [6.45, 7) is 15.0. The minimum absolute atomic E-state index is 0. The number of halogens is 1. The summed E-state index contributed by atoms with van der Waals surface area (Å²) >= 11 is 0. The molecule has 14 nitrogen and oxygen atoms in total. The molecule has 4 heterocycles. The van der Waals surface area contributed by atoms with E-state index in [0.29, 0.717) is 79.4 Å². The van der Waals surface area contributed by atoms with Gasteiger partial charge in [-0.05, 0) is 103 Å². The number of likely N-dealkylation sites (N-methyl/N-ethyl adjacent to an activating group) is 1. The molecule has 4 atom stereocenters. The number of hydrazine groups is 1. The Kier molecular flexibility index (Phi) is 22.1. The third-order valence-electron chi connectivity index (χ3n) is 13.4. The third kappa shape index (κ3) is 13.3. The Bertz CT molecular complexity index is 2570. The summed E-state index contributed by atoms with van der Waals surface area (Å²) in [7, 11) is 3.22. The maximum atomic E-state index is 17.0. The van der Waals surface area contributed by atoms with Crippen molar-refractivity contribution in [1.82, 2.24) is 30.1 Å². The molecular formula is C52H73FN6O8S4. The number of aromatic hydroxyl groups is 1. The fourth-order valence-electron chi connectivity index (χ4n) is 10.2. The number of fused-ring (bicyclic) bond motifs is 6. The van der Waals surface area contributed by atoms with Crippen molar-refractivity contribution < 1.29 is 42.9 Å². The second-order valence-corrected chi connectivity index (χ2v) is 19.4. The number of carbonyl (C=O) groups excluding carboxylic acids is 5. The molecule has 3 N–H and O–H groups in total. The number of phenolic OH excluding ortho intramolecular Hbond substituents is 1. The van der Waals surface area contributed by atoms with Crippen molar-refractivity contribution in [3.8, 4) is 28.1 Å². The second-order valence-electron chi connectivity index (χ2n) is 19.4. The minimum Gasteiger partial charge on any atom is -0.508 e. The number of aryl methyl sites for hydroxylation is 1. The van der Waals surface area contributed by atoms with Crippen LogP contribution in [0.5, 0.6) is 5.75 Å². The fourth-order valence-corrected chi connectivity index (χ4v) is 10.2. The van der Waals surface area contributed by atoms with E-state index >= 15 is 4.39 Å². The number of carbonyl (C=O) groups is 5. The third-order valence-corrected chi connectivity index (χ3v) is 13.4. The van der Waals surface area contributed by atoms with Gasteiger partial charge in [-0.3, -0.25) is 29.0 Å². The number of cyclic esters (lactones) is 1. The van der Waals surface area contributed by atoms with E-state index in [2.05, 4.69) is 23.4 Å². The first kappa shape index (κ1) is 60.6. The van der Waals surface area contributed by atoms with Crippen LogP contribution in [0.2, 0.25) is 0 Å². The number of esters is 1. The molecule has 2 fully saturated rings. The van der Waals surface area contributed by atoms with E-state index < -0.39 is 53.1 Å². The van der Waals surface area contributed by atoms with Crippen LogP contribution in [0, 0.1) is 23.1 Å². The standard InChI is InChI=1S/C52H65FN6O8.4H2S/c1-9-44(61)57-20-17-34(29-57)49(63)56(7)45(31(3)4)48(62)54-43-24-32-22-35(25-37(60)23-32)36-26-39-40(28-52(5,6)30-67-51(65)42-16-13-19-59(55-42)50(43)64)46(58(10-2)47(39)41(53)27-36)38-15-12-11-14-33(38)18-21-66-8;;;;/h9,11-12,14-15,22-23,25-27,31,34,42-43,45,55,60H,1,10,13,16-21,24,28-30H2,2-8H3,(H,54,62);4*1H2/t34-,42-,43-,45-;;;;/m0..../s1. The number of hydrogen-bond donors (Lipinski definition) is 3. The average Bonchev–Trinajstić information content (AvgIpc) is 3.92. The van der Waals surface area contributed by atoms with Crippen LogP contribution < -0.4 is 10.7 Å². The Hall–Kier alpha value is -4.66. The number of nitrogens with zero attached hydrogens (tertiary/aromatic N) is 4. The second kappa shape index (κ2) is 25.8. The Labute approximate surface area is 445 Å². The highest BCUT2D eigenvalue weighted by atomic mass is 32.1. The molecule has 4 aromatic rings. The molecule has 7 rings (SSSR count). The maximum Gasteiger partial charge on any atom is 0.324 e. The number of aromatic nitrogens is 1. The van der Waals surface area contributed by atoms with Gasteiger partial charge in [-0.2, -0.15) is 54.0 Å². The smallest absolute Gasteiger partial charge is 0.324 e. The quantitative estimate of drug-likeness (QED) is 0.110. The highest BCUT2D eigenvalue weighted by molar-refractivity contribution is 7.59. The molecule has 2 saturated heterocycles. The van der Waals surface area contributed by atoms with Crippen molar-refractivity contribution in [3.05, 3.63) is 89.8 Å². The molecule has 0 radical (unpaired) electrons. The molecule has 4 amide bonds. The molecule has 71 heavy (non-hydrogen) atoms. The Balaban J connectivity index is 0.00000333. The van der Waals surface area contributed by atoms with Crippen LogP contribution >= 0.6 is 54.0 Å². The molecular weight excluding hydrogens is 984 g/mol. The van der Waals surface area contributed by atoms with E-state index in [-0.39, 0.29) is 104 Å². The van der Waals surface area contributed by atoms with Crippen molar-refractivity contribution in [2.24, 2.45) is 17.3 Å². The lowest BCUT2D eigenvalue weighted by atomic mass is 9.83. The molecule has 3 aliphatic heterocycles. The first-order valence-corrected chi connectivity index (χ1v) is 23.4. The summed E-state index contributed by atoms with van der Waals surface area (Å²) in [6.07, 6.45) is 3.50. The molecule has 6 bridgehead atoms. The van der Waals surface area contributed by atoms with E-state index in [4.69, 9.17) is 9.47 Å². The van der Waals surface area contributed by atoms with Gasteiger partial charge in [0.25, 0.3) is 5.91 Å². The van der Waals surface area contributed by atoms with E-state index in [1.165, 1.54) is 28.1 Å². The van der Waals surface area contributed by atoms with Gasteiger partial charge in [0, 0.05) is 63.1 Å². The Morgan fingerprint density at radius 1 is 1.04 bits per heavy atom. The van der Waals surface area contributed by atoms with Gasteiger partial charge in [0.15, 0.2) is 0 Å². The van der Waals surface area contributed by atoms with Gasteiger partial charge >= 0.3 is 5.97 Å². The summed E-state index contributed by atoms with van der Waals surface area (Å²) in [4.78, 5) is 72.3. The zero-order chi connectivity index (χ0) is 48.3. The number of phenols is 1. The highest BCUT2D eigenvalue weighted by Crippen LogP contribution is 2.42. The predicted octanol–water partition coefficient (Wildman–Crippen LogP) is 6.65. The summed E-state index contributed by atoms with van der Waals surface area (Å²) in [5.41, 5.74) is 8.11. The van der Waals surface area contributed by atoms with Crippen LogP contribution in [0.15, 0.2) is 67.3 Å². The van der Waals surface area contributed by atoms with Crippen LogP contribution in [-0.4, -0.2) is 119 Å². The molecule has 3 aliphatic rings. The van der Waals surface area contributed by atoms with Gasteiger partial charge < -0.3 is 34.3 Å². The fraction of sp³-hybridized carbons (Fsp3) is 0.481. The van der Waals surface area contributed by atoms with Crippen LogP contribution in [0.4, 0.5) is 4.39 Å². The molecule has 0 spiro atoms. The highest BCUT2D eigenvalue weighted by Gasteiger charge is 2.40. The number of nitrogens with one attached hydrogen (secondary N) is 2. The van der Waals surface area contributed by atoms with Crippen molar-refractivity contribution >= 4 is 94.5 Å². The Morgan fingerprint density at radius 3 is 2.42 bits per heavy atom. The van der Waals surface area contributed by atoms with Gasteiger partial charge in [0.2, 0.25) is 17.7 Å². The number of hydrogen-bond acceptors (Lipinski definition) is 9. The van der Waals surface area contributed by atoms with E-state index in [1.807, 2.05) is 63.5 Å². The van der Waals surface area contributed by atoms with Gasteiger partial charge in [-0.25, -0.2) is 9.82 Å². The van der Waals surface area contributed by atoms with Crippen molar-refractivity contribution in [3.63, 3.8) is 0 Å². The first-order chi connectivity index (χ1) is 31.9. The van der Waals surface area contributed by atoms with Gasteiger partial charge in [-0.1, -0.05) is 64.6 Å². The summed E-state index contributed by atoms with van der Waals surface area (Å²) in [6, 6.07) is 13.2. The molecule has 0 aliphatic carbocycles. The lowest BCUT2D eigenvalue weighted by Gasteiger charge is -2.37. The zero-order valence-corrected chi connectivity index (χ0v) is 45.8. The number of rotatable bonds is 11. The summed E-state index contributed by atoms with van der Waals surface area (Å²) < 4.78 is 30.6. The van der Waals surface area contributed by atoms with Crippen LogP contribution in [-0.2, 0) is 59.3 Å². The van der Waals surface area contributed by atoms with E-state index in [9.17, 15) is 29.1 Å². The van der Waals surface area contributed by atoms with Crippen molar-refractivity contribution in [2.75, 3.05) is 47.0 Å². The Morgan fingerprint density at radius 2 is 1.75 bits per heavy atom. The number of benzene rings is 3. The summed E-state index contributed by atoms with van der Waals surface area (Å²) in [5, 5.41) is 16.3. The zero-order valence-electron chi connectivity index (χ0n) is 41.8. The average molecular weight is 1060 g/mol. The van der Waals surface area contributed by atoms with E-state index in [1.54, 1.807) is 31.2 Å². The molecule has 0 unspecified atom stereocenters. The van der Waals surface area contributed by atoms with Crippen LogP contribution in [0.25, 0.3) is 33.3 Å². The molecule has 19 heteroatoms. The maximum absolute atomic E-state index is 17.0. The van der Waals surface area contributed by atoms with Gasteiger partial charge in [-0.15, -0.1) is 0 Å². The number of methoxy groups -OCH3 is 1. The number of ether oxygens (including phenoxy) is 2.